The van der Waals surface area contributed by atoms with Gasteiger partial charge in [0.05, 0.1) is 10.6 Å². The smallest absolute Gasteiger partial charge is 0.269 e. The number of non-ortho nitro benzene ring substituents is 1. The van der Waals surface area contributed by atoms with Crippen molar-refractivity contribution in [1.29, 1.82) is 0 Å². The van der Waals surface area contributed by atoms with Gasteiger partial charge in [-0.1, -0.05) is 13.8 Å². The van der Waals surface area contributed by atoms with E-state index >= 15 is 0 Å². The molecule has 0 spiro atoms. The maximum atomic E-state index is 11.7. The number of anilines is 1. The van der Waals surface area contributed by atoms with Gasteiger partial charge in [0, 0.05) is 29.5 Å². The monoisotopic (exact) mass is 305 g/mol. The van der Waals surface area contributed by atoms with E-state index in [4.69, 9.17) is 0 Å². The molecule has 1 aromatic carbocycles. The van der Waals surface area contributed by atoms with Gasteiger partial charge >= 0.3 is 0 Å². The summed E-state index contributed by atoms with van der Waals surface area (Å²) in [5.41, 5.74) is 1.51. The molecule has 0 aliphatic heterocycles. The SMILES string of the molecule is CC(C)CC(=O)Nc1nc(-c2ccc([N+](=O)[O-])cc2)cs1. The minimum atomic E-state index is -0.442. The van der Waals surface area contributed by atoms with E-state index in [9.17, 15) is 14.9 Å². The van der Waals surface area contributed by atoms with Crippen molar-refractivity contribution in [2.75, 3.05) is 5.32 Å². The maximum absolute atomic E-state index is 11.7. The Morgan fingerprint density at radius 2 is 2.05 bits per heavy atom. The summed E-state index contributed by atoms with van der Waals surface area (Å²) in [5, 5.41) is 15.7. The molecule has 0 aliphatic carbocycles. The average Bonchev–Trinajstić information content (AvgIpc) is 2.86. The van der Waals surface area contributed by atoms with Gasteiger partial charge in [-0.25, -0.2) is 4.98 Å². The van der Waals surface area contributed by atoms with E-state index in [0.717, 1.165) is 5.56 Å². The molecule has 110 valence electrons. The summed E-state index contributed by atoms with van der Waals surface area (Å²) in [6, 6.07) is 6.16. The van der Waals surface area contributed by atoms with Gasteiger partial charge < -0.3 is 5.32 Å². The number of nitrogens with one attached hydrogen (secondary N) is 1. The summed E-state index contributed by atoms with van der Waals surface area (Å²) in [4.78, 5) is 26.2. The van der Waals surface area contributed by atoms with E-state index in [1.165, 1.54) is 23.5 Å². The first-order chi connectivity index (χ1) is 9.95. The molecular formula is C14H15N3O3S. The third-order valence-corrected chi connectivity index (χ3v) is 3.48. The number of hydrogen-bond donors (Lipinski definition) is 1. The standard InChI is InChI=1S/C14H15N3O3S/c1-9(2)7-13(18)16-14-15-12(8-21-14)10-3-5-11(6-4-10)17(19)20/h3-6,8-9H,7H2,1-2H3,(H,15,16,18). The molecule has 6 nitrogen and oxygen atoms in total. The molecule has 0 bridgehead atoms. The molecule has 1 aromatic heterocycles. The first-order valence-electron chi connectivity index (χ1n) is 6.46. The van der Waals surface area contributed by atoms with E-state index in [0.29, 0.717) is 23.2 Å². The zero-order valence-corrected chi connectivity index (χ0v) is 12.5. The van der Waals surface area contributed by atoms with Crippen LogP contribution in [0.15, 0.2) is 29.6 Å². The summed E-state index contributed by atoms with van der Waals surface area (Å²) in [6.07, 6.45) is 0.451. The number of amides is 1. The van der Waals surface area contributed by atoms with Crippen LogP contribution < -0.4 is 5.32 Å². The summed E-state index contributed by atoms with van der Waals surface area (Å²) >= 11 is 1.33. The van der Waals surface area contributed by atoms with Crippen molar-refractivity contribution in [3.63, 3.8) is 0 Å². The number of nitro groups is 1. The van der Waals surface area contributed by atoms with E-state index < -0.39 is 4.92 Å². The first kappa shape index (κ1) is 15.1. The van der Waals surface area contributed by atoms with Crippen molar-refractivity contribution in [1.82, 2.24) is 4.98 Å². The van der Waals surface area contributed by atoms with Crippen molar-refractivity contribution in [2.45, 2.75) is 20.3 Å². The number of hydrogen-bond acceptors (Lipinski definition) is 5. The number of nitro benzene ring substituents is 1. The van der Waals surface area contributed by atoms with Crippen LogP contribution in [-0.4, -0.2) is 15.8 Å². The Kier molecular flexibility index (Phi) is 4.64. The van der Waals surface area contributed by atoms with Crippen LogP contribution in [0.5, 0.6) is 0 Å². The van der Waals surface area contributed by atoms with Gasteiger partial charge in [0.25, 0.3) is 5.69 Å². The predicted octanol–water partition coefficient (Wildman–Crippen LogP) is 3.70. The quantitative estimate of drug-likeness (QED) is 0.674. The Hall–Kier alpha value is -2.28. The summed E-state index contributed by atoms with van der Waals surface area (Å²) in [5.74, 6) is 0.230. The van der Waals surface area contributed by atoms with Crippen LogP contribution in [-0.2, 0) is 4.79 Å². The van der Waals surface area contributed by atoms with E-state index in [1.807, 2.05) is 19.2 Å². The largest absolute Gasteiger partial charge is 0.302 e. The van der Waals surface area contributed by atoms with Gasteiger partial charge in [-0.2, -0.15) is 0 Å². The summed E-state index contributed by atoms with van der Waals surface area (Å²) < 4.78 is 0. The highest BCUT2D eigenvalue weighted by atomic mass is 32.1. The second-order valence-electron chi connectivity index (χ2n) is 4.99. The molecule has 1 N–H and O–H groups in total. The van der Waals surface area contributed by atoms with Gasteiger partial charge in [-0.3, -0.25) is 14.9 Å². The molecule has 2 aromatic rings. The second-order valence-corrected chi connectivity index (χ2v) is 5.85. The molecule has 2 rings (SSSR count). The molecule has 0 atom stereocenters. The van der Waals surface area contributed by atoms with Gasteiger partial charge in [0.2, 0.25) is 5.91 Å². The van der Waals surface area contributed by atoms with Crippen molar-refractivity contribution in [3.8, 4) is 11.3 Å². The number of carbonyl (C=O) groups excluding carboxylic acids is 1. The van der Waals surface area contributed by atoms with Gasteiger partial charge in [-0.05, 0) is 18.1 Å². The summed E-state index contributed by atoms with van der Waals surface area (Å²) in [7, 11) is 0. The lowest BCUT2D eigenvalue weighted by molar-refractivity contribution is -0.384. The highest BCUT2D eigenvalue weighted by Crippen LogP contribution is 2.26. The van der Waals surface area contributed by atoms with E-state index in [1.54, 1.807) is 12.1 Å². The molecular weight excluding hydrogens is 290 g/mol. The lowest BCUT2D eigenvalue weighted by Gasteiger charge is -2.03. The van der Waals surface area contributed by atoms with Crippen LogP contribution in [0.4, 0.5) is 10.8 Å². The Labute approximate surface area is 126 Å². The van der Waals surface area contributed by atoms with Crippen molar-refractivity contribution in [3.05, 3.63) is 39.8 Å². The highest BCUT2D eigenvalue weighted by Gasteiger charge is 2.10. The van der Waals surface area contributed by atoms with E-state index in [2.05, 4.69) is 10.3 Å². The zero-order valence-electron chi connectivity index (χ0n) is 11.7. The molecule has 0 saturated carbocycles. The number of thiazole rings is 1. The van der Waals surface area contributed by atoms with E-state index in [-0.39, 0.29) is 11.6 Å². The second kappa shape index (κ2) is 6.45. The Bertz CT molecular complexity index is 650. The molecule has 1 amide bonds. The fourth-order valence-corrected chi connectivity index (χ4v) is 2.49. The van der Waals surface area contributed by atoms with Crippen LogP contribution in [0.1, 0.15) is 20.3 Å². The lowest BCUT2D eigenvalue weighted by Crippen LogP contribution is -2.13. The normalized spacial score (nSPS) is 10.6. The Morgan fingerprint density at radius 3 is 2.62 bits per heavy atom. The van der Waals surface area contributed by atoms with Crippen molar-refractivity contribution in [2.24, 2.45) is 5.92 Å². The number of carbonyl (C=O) groups is 1. The molecule has 0 aliphatic rings. The molecule has 21 heavy (non-hydrogen) atoms. The number of nitrogens with zero attached hydrogens (tertiary/aromatic N) is 2. The lowest BCUT2D eigenvalue weighted by atomic mass is 10.1. The Balaban J connectivity index is 2.09. The fourth-order valence-electron chi connectivity index (χ4n) is 1.76. The predicted molar refractivity (Wildman–Crippen MR) is 82.3 cm³/mol. The molecule has 0 saturated heterocycles. The fraction of sp³-hybridized carbons (Fsp3) is 0.286. The molecule has 0 radical (unpaired) electrons. The van der Waals surface area contributed by atoms with Gasteiger partial charge in [-0.15, -0.1) is 11.3 Å². The minimum Gasteiger partial charge on any atom is -0.302 e. The third-order valence-electron chi connectivity index (χ3n) is 2.72. The number of aromatic nitrogens is 1. The van der Waals surface area contributed by atoms with Crippen LogP contribution >= 0.6 is 11.3 Å². The van der Waals surface area contributed by atoms with Crippen molar-refractivity contribution < 1.29 is 9.72 Å². The van der Waals surface area contributed by atoms with Crippen molar-refractivity contribution >= 4 is 28.1 Å². The Morgan fingerprint density at radius 1 is 1.38 bits per heavy atom. The molecule has 0 fully saturated rings. The van der Waals surface area contributed by atoms with Crippen LogP contribution in [0.3, 0.4) is 0 Å². The van der Waals surface area contributed by atoms with Crippen LogP contribution in [0.25, 0.3) is 11.3 Å². The van der Waals surface area contributed by atoms with Crippen LogP contribution in [0.2, 0.25) is 0 Å². The third kappa shape index (κ3) is 4.09. The maximum Gasteiger partial charge on any atom is 0.269 e. The zero-order chi connectivity index (χ0) is 15.4. The van der Waals surface area contributed by atoms with Gasteiger partial charge in [0.15, 0.2) is 5.13 Å². The first-order valence-corrected chi connectivity index (χ1v) is 7.34. The van der Waals surface area contributed by atoms with Crippen LogP contribution in [0, 0.1) is 16.0 Å². The topological polar surface area (TPSA) is 85.1 Å². The molecule has 0 unspecified atom stereocenters. The average molecular weight is 305 g/mol. The number of rotatable bonds is 5. The summed E-state index contributed by atoms with van der Waals surface area (Å²) in [6.45, 7) is 3.95. The molecule has 1 heterocycles. The minimum absolute atomic E-state index is 0.0411. The number of benzene rings is 1. The molecule has 7 heteroatoms. The highest BCUT2D eigenvalue weighted by molar-refractivity contribution is 7.14. The van der Waals surface area contributed by atoms with Gasteiger partial charge in [0.1, 0.15) is 0 Å².